The van der Waals surface area contributed by atoms with Gasteiger partial charge in [-0.15, -0.1) is 22.7 Å². The lowest BCUT2D eigenvalue weighted by Crippen LogP contribution is -2.24. The van der Waals surface area contributed by atoms with Gasteiger partial charge in [0.05, 0.1) is 17.1 Å². The molecule has 0 spiro atoms. The van der Waals surface area contributed by atoms with Gasteiger partial charge in [0.15, 0.2) is 5.13 Å². The zero-order valence-corrected chi connectivity index (χ0v) is 18.6. The van der Waals surface area contributed by atoms with Gasteiger partial charge >= 0.3 is 0 Å². The van der Waals surface area contributed by atoms with Gasteiger partial charge in [-0.25, -0.2) is 4.98 Å². The molecule has 0 saturated carbocycles. The molecule has 7 nitrogen and oxygen atoms in total. The minimum absolute atomic E-state index is 0.0651. The van der Waals surface area contributed by atoms with Gasteiger partial charge in [0.2, 0.25) is 11.8 Å². The predicted octanol–water partition coefficient (Wildman–Crippen LogP) is 3.88. The van der Waals surface area contributed by atoms with Crippen LogP contribution in [0, 0.1) is 0 Å². The molecule has 1 saturated heterocycles. The molecule has 1 fully saturated rings. The van der Waals surface area contributed by atoms with Crippen molar-refractivity contribution < 1.29 is 14.4 Å². The predicted molar refractivity (Wildman–Crippen MR) is 122 cm³/mol. The molecule has 0 bridgehead atoms. The molecule has 0 radical (unpaired) electrons. The Morgan fingerprint density at radius 1 is 1.23 bits per heavy atom. The Morgan fingerprint density at radius 2 is 2.10 bits per heavy atom. The highest BCUT2D eigenvalue weighted by molar-refractivity contribution is 7.17. The van der Waals surface area contributed by atoms with Crippen molar-refractivity contribution in [3.05, 3.63) is 57.8 Å². The highest BCUT2D eigenvalue weighted by Crippen LogP contribution is 2.31. The smallest absolute Gasteiger partial charge is 0.257 e. The van der Waals surface area contributed by atoms with Crippen LogP contribution >= 0.6 is 22.7 Å². The average molecular weight is 455 g/mol. The summed E-state index contributed by atoms with van der Waals surface area (Å²) in [6.45, 7) is 3.28. The molecule has 0 unspecified atom stereocenters. The number of carbonyl (C=O) groups excluding carboxylic acids is 3. The first-order valence-electron chi connectivity index (χ1n) is 9.95. The largest absolute Gasteiger partial charge is 0.351 e. The van der Waals surface area contributed by atoms with E-state index in [0.717, 1.165) is 34.0 Å². The zero-order chi connectivity index (χ0) is 21.8. The van der Waals surface area contributed by atoms with Crippen molar-refractivity contribution in [1.29, 1.82) is 0 Å². The summed E-state index contributed by atoms with van der Waals surface area (Å²) in [5.74, 6) is -0.128. The number of thiazole rings is 1. The number of carbonyl (C=O) groups is 3. The van der Waals surface area contributed by atoms with E-state index in [4.69, 9.17) is 0 Å². The van der Waals surface area contributed by atoms with Crippen molar-refractivity contribution in [3.8, 4) is 10.6 Å². The summed E-state index contributed by atoms with van der Waals surface area (Å²) >= 11 is 2.92. The van der Waals surface area contributed by atoms with Crippen molar-refractivity contribution in [2.24, 2.45) is 0 Å². The van der Waals surface area contributed by atoms with Crippen LogP contribution in [-0.4, -0.2) is 34.2 Å². The second kappa shape index (κ2) is 9.40. The van der Waals surface area contributed by atoms with Crippen molar-refractivity contribution >= 4 is 45.5 Å². The van der Waals surface area contributed by atoms with Gasteiger partial charge in [-0.05, 0) is 36.2 Å². The van der Waals surface area contributed by atoms with E-state index in [-0.39, 0.29) is 17.7 Å². The molecular weight excluding hydrogens is 432 g/mol. The van der Waals surface area contributed by atoms with Crippen molar-refractivity contribution in [3.63, 3.8) is 0 Å². The number of thiophene rings is 1. The van der Waals surface area contributed by atoms with E-state index in [2.05, 4.69) is 15.6 Å². The Kier molecular flexibility index (Phi) is 6.43. The Bertz CT molecular complexity index is 1120. The number of hydrogen-bond acceptors (Lipinski definition) is 6. The van der Waals surface area contributed by atoms with E-state index in [1.165, 1.54) is 18.3 Å². The summed E-state index contributed by atoms with van der Waals surface area (Å²) in [6, 6.07) is 11.3. The van der Waals surface area contributed by atoms with E-state index in [0.29, 0.717) is 30.2 Å². The second-order valence-electron chi connectivity index (χ2n) is 7.29. The van der Waals surface area contributed by atoms with Crippen LogP contribution in [0.2, 0.25) is 0 Å². The molecule has 2 aromatic heterocycles. The quantitative estimate of drug-likeness (QED) is 0.567. The number of nitrogens with zero attached hydrogens (tertiary/aromatic N) is 2. The van der Waals surface area contributed by atoms with Crippen LogP contribution in [0.3, 0.4) is 0 Å². The average Bonchev–Trinajstić information content (AvgIpc) is 3.49. The fourth-order valence-electron chi connectivity index (χ4n) is 3.34. The van der Waals surface area contributed by atoms with Crippen LogP contribution in [0.25, 0.3) is 10.6 Å². The summed E-state index contributed by atoms with van der Waals surface area (Å²) in [7, 11) is 0. The lowest BCUT2D eigenvalue weighted by Gasteiger charge is -2.15. The van der Waals surface area contributed by atoms with E-state index >= 15 is 0 Å². The van der Waals surface area contributed by atoms with E-state index in [1.54, 1.807) is 17.4 Å². The molecule has 2 N–H and O–H groups in total. The highest BCUT2D eigenvalue weighted by Gasteiger charge is 2.20. The molecule has 31 heavy (non-hydrogen) atoms. The van der Waals surface area contributed by atoms with Gasteiger partial charge in [-0.2, -0.15) is 0 Å². The molecule has 0 atom stereocenters. The van der Waals surface area contributed by atoms with Gasteiger partial charge in [-0.1, -0.05) is 12.1 Å². The molecule has 1 aliphatic heterocycles. The van der Waals surface area contributed by atoms with Gasteiger partial charge < -0.3 is 10.2 Å². The first-order chi connectivity index (χ1) is 15.0. The molecule has 1 aromatic carbocycles. The Morgan fingerprint density at radius 3 is 2.87 bits per heavy atom. The maximum Gasteiger partial charge on any atom is 0.257 e. The van der Waals surface area contributed by atoms with Crippen LogP contribution in [0.1, 0.15) is 40.6 Å². The normalized spacial score (nSPS) is 13.5. The molecule has 4 rings (SSSR count). The summed E-state index contributed by atoms with van der Waals surface area (Å²) in [6.07, 6.45) is 1.50. The van der Waals surface area contributed by atoms with E-state index in [9.17, 15) is 14.4 Å². The zero-order valence-electron chi connectivity index (χ0n) is 17.0. The number of nitrogens with one attached hydrogen (secondary N) is 2. The van der Waals surface area contributed by atoms with Gasteiger partial charge in [0.25, 0.3) is 5.91 Å². The molecule has 9 heteroatoms. The number of amides is 3. The SMILES string of the molecule is CC(=O)NCc1ccc(-c2csc(NC(=O)c3cccc(CN4CCCC4=O)c3)n2)s1. The number of likely N-dealkylation sites (tertiary alicyclic amines) is 1. The molecular formula is C22H22N4O3S2. The minimum Gasteiger partial charge on any atom is -0.351 e. The molecule has 3 heterocycles. The monoisotopic (exact) mass is 454 g/mol. The van der Waals surface area contributed by atoms with Crippen molar-refractivity contribution in [2.75, 3.05) is 11.9 Å². The first-order valence-corrected chi connectivity index (χ1v) is 11.6. The molecule has 160 valence electrons. The number of rotatable bonds is 7. The van der Waals surface area contributed by atoms with Crippen LogP contribution in [0.4, 0.5) is 5.13 Å². The molecule has 1 aliphatic rings. The van der Waals surface area contributed by atoms with Gasteiger partial charge in [-0.3, -0.25) is 19.7 Å². The second-order valence-corrected chi connectivity index (χ2v) is 9.31. The van der Waals surface area contributed by atoms with Crippen LogP contribution in [-0.2, 0) is 22.7 Å². The van der Waals surface area contributed by atoms with E-state index < -0.39 is 0 Å². The van der Waals surface area contributed by atoms with Crippen LogP contribution in [0.5, 0.6) is 0 Å². The van der Waals surface area contributed by atoms with Crippen LogP contribution in [0.15, 0.2) is 41.8 Å². The fraction of sp³-hybridized carbons (Fsp3) is 0.273. The maximum atomic E-state index is 12.7. The standard InChI is InChI=1S/C22H22N4O3S2/c1-14(27)23-11-17-7-8-19(31-17)18-13-30-22(24-18)25-21(29)16-5-2-4-15(10-16)12-26-9-3-6-20(26)28/h2,4-5,7-8,10,13H,3,6,9,11-12H2,1H3,(H,23,27)(H,24,25,29). The minimum atomic E-state index is -0.229. The Labute approximate surface area is 188 Å². The van der Waals surface area contributed by atoms with Crippen molar-refractivity contribution in [1.82, 2.24) is 15.2 Å². The fourth-order valence-corrected chi connectivity index (χ4v) is 5.03. The highest BCUT2D eigenvalue weighted by atomic mass is 32.1. The lowest BCUT2D eigenvalue weighted by molar-refractivity contribution is -0.128. The summed E-state index contributed by atoms with van der Waals surface area (Å²) in [5.41, 5.74) is 2.27. The first kappa shape index (κ1) is 21.2. The molecule has 3 amide bonds. The van der Waals surface area contributed by atoms with Gasteiger partial charge in [0.1, 0.15) is 0 Å². The number of aromatic nitrogens is 1. The Hall–Kier alpha value is -3.04. The number of hydrogen-bond donors (Lipinski definition) is 2. The van der Waals surface area contributed by atoms with Crippen molar-refractivity contribution in [2.45, 2.75) is 32.9 Å². The summed E-state index contributed by atoms with van der Waals surface area (Å²) < 4.78 is 0. The maximum absolute atomic E-state index is 12.7. The topological polar surface area (TPSA) is 91.4 Å². The third kappa shape index (κ3) is 5.36. The number of benzene rings is 1. The molecule has 0 aliphatic carbocycles. The Balaban J connectivity index is 1.39. The summed E-state index contributed by atoms with van der Waals surface area (Å²) in [4.78, 5) is 44.0. The third-order valence-corrected chi connectivity index (χ3v) is 6.75. The van der Waals surface area contributed by atoms with Gasteiger partial charge in [0, 0.05) is 42.3 Å². The van der Waals surface area contributed by atoms with Crippen LogP contribution < -0.4 is 10.6 Å². The lowest BCUT2D eigenvalue weighted by atomic mass is 10.1. The third-order valence-electron chi connectivity index (χ3n) is 4.88. The number of anilines is 1. The summed E-state index contributed by atoms with van der Waals surface area (Å²) in [5, 5.41) is 8.07. The van der Waals surface area contributed by atoms with E-state index in [1.807, 2.05) is 40.6 Å². The molecule has 3 aromatic rings.